The maximum atomic E-state index is 13.5. The molecule has 0 spiro atoms. The van der Waals surface area contributed by atoms with Gasteiger partial charge in [-0.15, -0.1) is 0 Å². The van der Waals surface area contributed by atoms with Crippen LogP contribution >= 0.6 is 0 Å². The molecule has 9 heteroatoms. The number of halogens is 2. The molecule has 26 heavy (non-hydrogen) atoms. The highest BCUT2D eigenvalue weighted by atomic mass is 32.2. The molecular formula is C17H21F2N3O3S. The van der Waals surface area contributed by atoms with Gasteiger partial charge in [0.25, 0.3) is 5.91 Å². The Kier molecular flexibility index (Phi) is 5.82. The van der Waals surface area contributed by atoms with E-state index in [1.807, 2.05) is 6.92 Å². The van der Waals surface area contributed by atoms with Gasteiger partial charge in [-0.2, -0.15) is 0 Å². The maximum absolute atomic E-state index is 13.5. The maximum Gasteiger partial charge on any atom is 0.272 e. The molecule has 2 N–H and O–H groups in total. The molecule has 6 nitrogen and oxygen atoms in total. The third-order valence-electron chi connectivity index (χ3n) is 3.96. The monoisotopic (exact) mass is 385 g/mol. The highest BCUT2D eigenvalue weighted by Gasteiger charge is 2.22. The van der Waals surface area contributed by atoms with E-state index in [0.717, 1.165) is 6.07 Å². The van der Waals surface area contributed by atoms with Crippen LogP contribution in [0.4, 0.5) is 14.5 Å². The first-order valence-electron chi connectivity index (χ1n) is 8.00. The van der Waals surface area contributed by atoms with E-state index in [1.165, 1.54) is 36.9 Å². The van der Waals surface area contributed by atoms with Gasteiger partial charge in [-0.25, -0.2) is 21.9 Å². The number of nitrogens with one attached hydrogen (secondary N) is 2. The predicted molar refractivity (Wildman–Crippen MR) is 94.5 cm³/mol. The van der Waals surface area contributed by atoms with E-state index in [2.05, 4.69) is 10.0 Å². The highest BCUT2D eigenvalue weighted by molar-refractivity contribution is 7.89. The number of sulfonamides is 1. The SMILES string of the molecule is CCC(C)NS(=O)(=O)c1cc(C(=O)Nc2cc(C)c(F)c(F)c2)n(C)c1. The predicted octanol–water partition coefficient (Wildman–Crippen LogP) is 2.94. The van der Waals surface area contributed by atoms with Gasteiger partial charge in [0, 0.05) is 31.0 Å². The number of benzene rings is 1. The van der Waals surface area contributed by atoms with Crippen molar-refractivity contribution in [2.45, 2.75) is 38.1 Å². The molecule has 0 fully saturated rings. The molecule has 1 unspecified atom stereocenters. The zero-order valence-corrected chi connectivity index (χ0v) is 15.7. The minimum Gasteiger partial charge on any atom is -0.345 e. The number of amides is 1. The fourth-order valence-electron chi connectivity index (χ4n) is 2.32. The number of carbonyl (C=O) groups excluding carboxylic acids is 1. The standard InChI is InChI=1S/C17H21F2N3O3S/c1-5-11(3)21-26(24,25)13-8-15(22(4)9-13)17(23)20-12-6-10(2)16(19)14(18)7-12/h6-9,11,21H,5H2,1-4H3,(H,20,23). The second-order valence-corrected chi connectivity index (χ2v) is 7.86. The molecule has 0 saturated heterocycles. The third kappa shape index (κ3) is 4.28. The zero-order chi connectivity index (χ0) is 19.6. The number of rotatable bonds is 6. The summed E-state index contributed by atoms with van der Waals surface area (Å²) in [6.07, 6.45) is 1.94. The molecule has 0 saturated carbocycles. The van der Waals surface area contributed by atoms with Crippen LogP contribution in [0.15, 0.2) is 29.3 Å². The smallest absolute Gasteiger partial charge is 0.272 e. The highest BCUT2D eigenvalue weighted by Crippen LogP contribution is 2.20. The average Bonchev–Trinajstić information content (AvgIpc) is 2.95. The summed E-state index contributed by atoms with van der Waals surface area (Å²) in [6.45, 7) is 4.96. The van der Waals surface area contributed by atoms with Gasteiger partial charge >= 0.3 is 0 Å². The number of aromatic nitrogens is 1. The molecule has 1 heterocycles. The lowest BCUT2D eigenvalue weighted by Gasteiger charge is -2.10. The summed E-state index contributed by atoms with van der Waals surface area (Å²) in [5.41, 5.74) is 0.194. The fraction of sp³-hybridized carbons (Fsp3) is 0.353. The summed E-state index contributed by atoms with van der Waals surface area (Å²) in [7, 11) is -2.24. The van der Waals surface area contributed by atoms with E-state index in [0.29, 0.717) is 6.42 Å². The summed E-state index contributed by atoms with van der Waals surface area (Å²) >= 11 is 0. The Hall–Kier alpha value is -2.26. The Morgan fingerprint density at radius 3 is 2.50 bits per heavy atom. The van der Waals surface area contributed by atoms with Gasteiger partial charge in [-0.05, 0) is 38.0 Å². The van der Waals surface area contributed by atoms with Gasteiger partial charge in [-0.1, -0.05) is 6.92 Å². The second kappa shape index (κ2) is 7.55. The summed E-state index contributed by atoms with van der Waals surface area (Å²) in [4.78, 5) is 12.3. The van der Waals surface area contributed by atoms with Crippen molar-refractivity contribution in [3.05, 3.63) is 47.3 Å². The lowest BCUT2D eigenvalue weighted by Crippen LogP contribution is -2.31. The van der Waals surface area contributed by atoms with Crippen molar-refractivity contribution in [2.75, 3.05) is 5.32 Å². The summed E-state index contributed by atoms with van der Waals surface area (Å²) in [6, 6.07) is 3.14. The van der Waals surface area contributed by atoms with E-state index < -0.39 is 27.6 Å². The van der Waals surface area contributed by atoms with Crippen LogP contribution in [0.3, 0.4) is 0 Å². The molecule has 1 amide bonds. The summed E-state index contributed by atoms with van der Waals surface area (Å²) < 4.78 is 55.3. The van der Waals surface area contributed by atoms with Crippen LogP contribution in [-0.2, 0) is 17.1 Å². The van der Waals surface area contributed by atoms with E-state index >= 15 is 0 Å². The first-order chi connectivity index (χ1) is 12.0. The van der Waals surface area contributed by atoms with Crippen LogP contribution in [-0.4, -0.2) is 24.9 Å². The van der Waals surface area contributed by atoms with Crippen molar-refractivity contribution in [1.82, 2.24) is 9.29 Å². The van der Waals surface area contributed by atoms with Crippen molar-refractivity contribution >= 4 is 21.6 Å². The van der Waals surface area contributed by atoms with E-state index in [4.69, 9.17) is 0 Å². The largest absolute Gasteiger partial charge is 0.345 e. The van der Waals surface area contributed by atoms with Crippen LogP contribution in [0.2, 0.25) is 0 Å². The first kappa shape index (κ1) is 20.1. The normalized spacial score (nSPS) is 12.8. The summed E-state index contributed by atoms with van der Waals surface area (Å²) in [5, 5.41) is 2.44. The second-order valence-electron chi connectivity index (χ2n) is 6.15. The number of anilines is 1. The third-order valence-corrected chi connectivity index (χ3v) is 5.52. The molecule has 1 aromatic carbocycles. The van der Waals surface area contributed by atoms with Gasteiger partial charge in [0.05, 0.1) is 0 Å². The molecule has 0 aliphatic rings. The van der Waals surface area contributed by atoms with Crippen LogP contribution in [0.5, 0.6) is 0 Å². The van der Waals surface area contributed by atoms with Gasteiger partial charge in [0.1, 0.15) is 10.6 Å². The summed E-state index contributed by atoms with van der Waals surface area (Å²) in [5.74, 6) is -2.69. The quantitative estimate of drug-likeness (QED) is 0.802. The van der Waals surface area contributed by atoms with E-state index in [-0.39, 0.29) is 27.9 Å². The molecule has 2 rings (SSSR count). The Morgan fingerprint density at radius 2 is 1.92 bits per heavy atom. The Labute approximate surface area is 151 Å². The van der Waals surface area contributed by atoms with Gasteiger partial charge in [0.2, 0.25) is 10.0 Å². The Balaban J connectivity index is 2.27. The lowest BCUT2D eigenvalue weighted by atomic mass is 10.2. The van der Waals surface area contributed by atoms with E-state index in [9.17, 15) is 22.0 Å². The molecular weight excluding hydrogens is 364 g/mol. The molecule has 0 aliphatic carbocycles. The van der Waals surface area contributed by atoms with Crippen LogP contribution in [0, 0.1) is 18.6 Å². The number of aryl methyl sites for hydroxylation is 2. The molecule has 0 radical (unpaired) electrons. The Bertz CT molecular complexity index is 916. The van der Waals surface area contributed by atoms with Crippen molar-refractivity contribution in [1.29, 1.82) is 0 Å². The van der Waals surface area contributed by atoms with Crippen molar-refractivity contribution < 1.29 is 22.0 Å². The van der Waals surface area contributed by atoms with Crippen LogP contribution in [0.1, 0.15) is 36.3 Å². The molecule has 142 valence electrons. The van der Waals surface area contributed by atoms with Crippen LogP contribution in [0.25, 0.3) is 0 Å². The van der Waals surface area contributed by atoms with Gasteiger partial charge < -0.3 is 9.88 Å². The minimum atomic E-state index is -3.76. The number of carbonyl (C=O) groups is 1. The molecule has 2 aromatic rings. The van der Waals surface area contributed by atoms with Gasteiger partial charge in [0.15, 0.2) is 11.6 Å². The molecule has 0 aliphatic heterocycles. The van der Waals surface area contributed by atoms with Crippen molar-refractivity contribution in [3.63, 3.8) is 0 Å². The van der Waals surface area contributed by atoms with Gasteiger partial charge in [-0.3, -0.25) is 4.79 Å². The first-order valence-corrected chi connectivity index (χ1v) is 9.49. The molecule has 0 bridgehead atoms. The number of hydrogen-bond acceptors (Lipinski definition) is 3. The van der Waals surface area contributed by atoms with E-state index in [1.54, 1.807) is 6.92 Å². The molecule has 1 aromatic heterocycles. The lowest BCUT2D eigenvalue weighted by molar-refractivity contribution is 0.101. The zero-order valence-electron chi connectivity index (χ0n) is 14.9. The van der Waals surface area contributed by atoms with Crippen molar-refractivity contribution in [3.8, 4) is 0 Å². The number of nitrogens with zero attached hydrogens (tertiary/aromatic N) is 1. The topological polar surface area (TPSA) is 80.2 Å². The fourth-order valence-corrected chi connectivity index (χ4v) is 3.71. The minimum absolute atomic E-state index is 0.0492. The van der Waals surface area contributed by atoms with Crippen molar-refractivity contribution in [2.24, 2.45) is 7.05 Å². The van der Waals surface area contributed by atoms with Crippen LogP contribution < -0.4 is 10.0 Å². The molecule has 1 atom stereocenters. The number of hydrogen-bond donors (Lipinski definition) is 2. The Morgan fingerprint density at radius 1 is 1.27 bits per heavy atom. The average molecular weight is 385 g/mol.